The van der Waals surface area contributed by atoms with E-state index in [1.54, 1.807) is 0 Å². The van der Waals surface area contributed by atoms with Crippen LogP contribution in [0.3, 0.4) is 0 Å². The van der Waals surface area contributed by atoms with Crippen molar-refractivity contribution in [1.82, 2.24) is 0 Å². The fraction of sp³-hybridized carbons (Fsp3) is 0.955. The molecule has 0 aromatic rings. The van der Waals surface area contributed by atoms with E-state index in [0.717, 1.165) is 17.3 Å². The third-order valence-electron chi connectivity index (χ3n) is 5.19. The highest BCUT2D eigenvalue weighted by Crippen LogP contribution is 2.14. The second-order valence-corrected chi connectivity index (χ2v) is 8.31. The lowest BCUT2D eigenvalue weighted by atomic mass is 10.0. The van der Waals surface area contributed by atoms with Gasteiger partial charge < -0.3 is 4.48 Å². The zero-order chi connectivity index (χ0) is 17.9. The SMILES string of the molecule is CCCCCCCCCCCCCCCCCC[N+](C)(C)CC=O. The highest BCUT2D eigenvalue weighted by atomic mass is 16.1. The quantitative estimate of drug-likeness (QED) is 0.148. The molecule has 0 aliphatic heterocycles. The van der Waals surface area contributed by atoms with E-state index in [2.05, 4.69) is 21.0 Å². The number of carbonyl (C=O) groups is 1. The first-order valence-corrected chi connectivity index (χ1v) is 10.9. The van der Waals surface area contributed by atoms with Crippen molar-refractivity contribution in [1.29, 1.82) is 0 Å². The predicted octanol–water partition coefficient (Wildman–Crippen LogP) is 6.52. The Kier molecular flexibility index (Phi) is 17.2. The number of likely N-dealkylation sites (N-methyl/N-ethyl adjacent to an activating group) is 1. The van der Waals surface area contributed by atoms with Gasteiger partial charge >= 0.3 is 0 Å². The fourth-order valence-corrected chi connectivity index (χ4v) is 3.38. The van der Waals surface area contributed by atoms with Crippen molar-refractivity contribution in [3.63, 3.8) is 0 Å². The van der Waals surface area contributed by atoms with Gasteiger partial charge in [0, 0.05) is 0 Å². The molecular weight excluding hydrogens is 294 g/mol. The molecule has 0 saturated carbocycles. The third-order valence-corrected chi connectivity index (χ3v) is 5.19. The molecule has 0 aromatic carbocycles. The number of nitrogens with zero attached hydrogens (tertiary/aromatic N) is 1. The van der Waals surface area contributed by atoms with Crippen LogP contribution in [0.5, 0.6) is 0 Å². The fourth-order valence-electron chi connectivity index (χ4n) is 3.38. The van der Waals surface area contributed by atoms with Gasteiger partial charge in [0.15, 0.2) is 6.29 Å². The van der Waals surface area contributed by atoms with Crippen molar-refractivity contribution < 1.29 is 9.28 Å². The molecule has 0 saturated heterocycles. The minimum atomic E-state index is 0.652. The van der Waals surface area contributed by atoms with Crippen molar-refractivity contribution in [2.24, 2.45) is 0 Å². The van der Waals surface area contributed by atoms with Gasteiger partial charge in [0.05, 0.1) is 20.6 Å². The molecule has 0 unspecified atom stereocenters. The number of carbonyl (C=O) groups excluding carboxylic acids is 1. The van der Waals surface area contributed by atoms with Crippen molar-refractivity contribution in [3.8, 4) is 0 Å². The Morgan fingerprint density at radius 1 is 0.583 bits per heavy atom. The first-order chi connectivity index (χ1) is 11.6. The van der Waals surface area contributed by atoms with Crippen molar-refractivity contribution in [2.45, 2.75) is 110 Å². The lowest BCUT2D eigenvalue weighted by molar-refractivity contribution is -0.881. The van der Waals surface area contributed by atoms with Crippen LogP contribution >= 0.6 is 0 Å². The molecule has 24 heavy (non-hydrogen) atoms. The summed E-state index contributed by atoms with van der Waals surface area (Å²) in [7, 11) is 4.30. The molecule has 0 fully saturated rings. The van der Waals surface area contributed by atoms with Crippen LogP contribution in [0.25, 0.3) is 0 Å². The Balaban J connectivity index is 3.11. The van der Waals surface area contributed by atoms with E-state index >= 15 is 0 Å². The molecule has 0 aliphatic rings. The molecule has 0 aromatic heterocycles. The van der Waals surface area contributed by atoms with Crippen molar-refractivity contribution in [2.75, 3.05) is 27.2 Å². The maximum atomic E-state index is 10.6. The third kappa shape index (κ3) is 18.0. The number of quaternary nitrogens is 1. The topological polar surface area (TPSA) is 17.1 Å². The zero-order valence-electron chi connectivity index (χ0n) is 17.2. The summed E-state index contributed by atoms with van der Waals surface area (Å²) in [4.78, 5) is 10.6. The van der Waals surface area contributed by atoms with Crippen LogP contribution in [0.4, 0.5) is 0 Å². The van der Waals surface area contributed by atoms with Gasteiger partial charge in [0.2, 0.25) is 0 Å². The van der Waals surface area contributed by atoms with E-state index in [0.29, 0.717) is 6.54 Å². The average Bonchev–Trinajstić information content (AvgIpc) is 2.54. The van der Waals surface area contributed by atoms with Gasteiger partial charge in [-0.3, -0.25) is 4.79 Å². The minimum absolute atomic E-state index is 0.652. The van der Waals surface area contributed by atoms with E-state index in [-0.39, 0.29) is 0 Å². The Hall–Kier alpha value is -0.370. The van der Waals surface area contributed by atoms with Crippen LogP contribution < -0.4 is 0 Å². The molecule has 0 amide bonds. The smallest absolute Gasteiger partial charge is 0.174 e. The van der Waals surface area contributed by atoms with Crippen molar-refractivity contribution >= 4 is 6.29 Å². The molecule has 2 nitrogen and oxygen atoms in total. The Morgan fingerprint density at radius 2 is 0.917 bits per heavy atom. The molecule has 0 rings (SSSR count). The van der Waals surface area contributed by atoms with Crippen LogP contribution in [0, 0.1) is 0 Å². The summed E-state index contributed by atoms with van der Waals surface area (Å²) in [6.45, 7) is 4.08. The van der Waals surface area contributed by atoms with Gasteiger partial charge in [-0.1, -0.05) is 96.8 Å². The lowest BCUT2D eigenvalue weighted by Gasteiger charge is -2.27. The number of hydrogen-bond donors (Lipinski definition) is 0. The first kappa shape index (κ1) is 23.6. The summed E-state index contributed by atoms with van der Waals surface area (Å²) in [6, 6.07) is 0. The van der Waals surface area contributed by atoms with Gasteiger partial charge in [-0.25, -0.2) is 0 Å². The normalized spacial score (nSPS) is 11.8. The second-order valence-electron chi connectivity index (χ2n) is 8.31. The molecule has 144 valence electrons. The summed E-state index contributed by atoms with van der Waals surface area (Å²) >= 11 is 0. The summed E-state index contributed by atoms with van der Waals surface area (Å²) in [5.41, 5.74) is 0. The number of hydrogen-bond acceptors (Lipinski definition) is 1. The van der Waals surface area contributed by atoms with E-state index in [1.165, 1.54) is 103 Å². The van der Waals surface area contributed by atoms with Crippen LogP contribution in [-0.2, 0) is 4.79 Å². The lowest BCUT2D eigenvalue weighted by Crippen LogP contribution is -2.41. The second kappa shape index (κ2) is 17.5. The van der Waals surface area contributed by atoms with Crippen LogP contribution in [-0.4, -0.2) is 38.0 Å². The Bertz CT molecular complexity index is 263. The van der Waals surface area contributed by atoms with E-state index in [1.807, 2.05) is 0 Å². The molecule has 0 heterocycles. The first-order valence-electron chi connectivity index (χ1n) is 10.9. The Morgan fingerprint density at radius 3 is 1.25 bits per heavy atom. The van der Waals surface area contributed by atoms with E-state index < -0.39 is 0 Å². The molecule has 0 aliphatic carbocycles. The molecule has 0 spiro atoms. The maximum absolute atomic E-state index is 10.6. The van der Waals surface area contributed by atoms with Gasteiger partial charge in [-0.15, -0.1) is 0 Å². The van der Waals surface area contributed by atoms with Crippen LogP contribution in [0.15, 0.2) is 0 Å². The number of aldehydes is 1. The van der Waals surface area contributed by atoms with Gasteiger partial charge in [-0.2, -0.15) is 0 Å². The standard InChI is InChI=1S/C22H46NO/c1-4-5-6-7-8-9-10-11-12-13-14-15-16-17-18-19-20-23(2,3)21-22-24/h22H,4-21H2,1-3H3/q+1. The summed E-state index contributed by atoms with van der Waals surface area (Å²) in [5.74, 6) is 0. The molecule has 2 heteroatoms. The van der Waals surface area contributed by atoms with Crippen molar-refractivity contribution in [3.05, 3.63) is 0 Å². The largest absolute Gasteiger partial charge is 0.323 e. The predicted molar refractivity (Wildman–Crippen MR) is 107 cm³/mol. The molecule has 0 radical (unpaired) electrons. The molecule has 0 atom stereocenters. The van der Waals surface area contributed by atoms with Crippen LogP contribution in [0.1, 0.15) is 110 Å². The maximum Gasteiger partial charge on any atom is 0.174 e. The monoisotopic (exact) mass is 340 g/mol. The summed E-state index contributed by atoms with van der Waals surface area (Å²) < 4.78 is 0.849. The highest BCUT2D eigenvalue weighted by molar-refractivity contribution is 5.50. The summed E-state index contributed by atoms with van der Waals surface area (Å²) in [6.07, 6.45) is 23.7. The molecule has 0 N–H and O–H groups in total. The van der Waals surface area contributed by atoms with Gasteiger partial charge in [-0.05, 0) is 12.8 Å². The average molecular weight is 341 g/mol. The number of unbranched alkanes of at least 4 members (excludes halogenated alkanes) is 15. The van der Waals surface area contributed by atoms with E-state index in [4.69, 9.17) is 0 Å². The van der Waals surface area contributed by atoms with E-state index in [9.17, 15) is 4.79 Å². The summed E-state index contributed by atoms with van der Waals surface area (Å²) in [5, 5.41) is 0. The van der Waals surface area contributed by atoms with Gasteiger partial charge in [0.1, 0.15) is 6.54 Å². The molecule has 0 bridgehead atoms. The number of rotatable bonds is 19. The van der Waals surface area contributed by atoms with Crippen LogP contribution in [0.2, 0.25) is 0 Å². The zero-order valence-corrected chi connectivity index (χ0v) is 17.2. The highest BCUT2D eigenvalue weighted by Gasteiger charge is 2.12. The molecular formula is C22H46NO+. The Labute approximate surface area is 153 Å². The minimum Gasteiger partial charge on any atom is -0.323 e. The van der Waals surface area contributed by atoms with Gasteiger partial charge in [0.25, 0.3) is 0 Å².